The van der Waals surface area contributed by atoms with Crippen molar-refractivity contribution in [3.8, 4) is 0 Å². The minimum atomic E-state index is -0.480. The lowest BCUT2D eigenvalue weighted by molar-refractivity contribution is -0.127. The first-order valence-corrected chi connectivity index (χ1v) is 8.65. The van der Waals surface area contributed by atoms with Crippen molar-refractivity contribution in [2.45, 2.75) is 0 Å². The van der Waals surface area contributed by atoms with E-state index in [-0.39, 0.29) is 17.2 Å². The van der Waals surface area contributed by atoms with Crippen LogP contribution in [0.25, 0.3) is 6.08 Å². The van der Waals surface area contributed by atoms with Gasteiger partial charge in [-0.25, -0.2) is 0 Å². The molecule has 1 aliphatic rings. The van der Waals surface area contributed by atoms with Gasteiger partial charge in [0, 0.05) is 11.6 Å². The number of carbonyl (C=O) groups excluding carboxylic acids is 2. The summed E-state index contributed by atoms with van der Waals surface area (Å²) in [5, 5.41) is 0.581. The van der Waals surface area contributed by atoms with Gasteiger partial charge in [0.2, 0.25) is 0 Å². The molecule has 2 aromatic carbocycles. The van der Waals surface area contributed by atoms with Crippen molar-refractivity contribution in [1.82, 2.24) is 4.90 Å². The lowest BCUT2D eigenvalue weighted by atomic mass is 10.1. The van der Waals surface area contributed by atoms with Crippen LogP contribution in [0.5, 0.6) is 0 Å². The lowest BCUT2D eigenvalue weighted by Crippen LogP contribution is -2.56. The van der Waals surface area contributed by atoms with E-state index in [1.807, 2.05) is 6.07 Å². The number of para-hydroxylation sites is 1. The van der Waals surface area contributed by atoms with E-state index in [1.165, 1.54) is 15.9 Å². The predicted molar refractivity (Wildman–Crippen MR) is 108 cm³/mol. The van der Waals surface area contributed by atoms with Gasteiger partial charge in [-0.1, -0.05) is 54.1 Å². The van der Waals surface area contributed by atoms with Crippen LogP contribution >= 0.6 is 23.8 Å². The van der Waals surface area contributed by atoms with Crippen LogP contribution in [0.4, 0.5) is 5.69 Å². The van der Waals surface area contributed by atoms with E-state index >= 15 is 0 Å². The Morgan fingerprint density at radius 1 is 1.00 bits per heavy atom. The molecule has 0 aromatic heterocycles. The van der Waals surface area contributed by atoms with Gasteiger partial charge in [-0.05, 0) is 42.1 Å². The van der Waals surface area contributed by atoms with E-state index in [4.69, 9.17) is 23.8 Å². The van der Waals surface area contributed by atoms with Gasteiger partial charge < -0.3 is 0 Å². The van der Waals surface area contributed by atoms with E-state index in [0.717, 1.165) is 0 Å². The van der Waals surface area contributed by atoms with Crippen LogP contribution in [0.15, 0.2) is 72.8 Å². The number of hydrogen-bond acceptors (Lipinski definition) is 3. The minimum absolute atomic E-state index is 0.00240. The summed E-state index contributed by atoms with van der Waals surface area (Å²) in [7, 11) is 0. The zero-order valence-corrected chi connectivity index (χ0v) is 15.3. The van der Waals surface area contributed by atoms with Crippen LogP contribution in [0.1, 0.15) is 5.56 Å². The number of halogens is 1. The number of anilines is 1. The second-order valence-corrected chi connectivity index (χ2v) is 6.31. The molecule has 0 N–H and O–H groups in total. The number of amides is 2. The molecule has 2 amide bonds. The van der Waals surface area contributed by atoms with Crippen molar-refractivity contribution in [3.05, 3.63) is 83.4 Å². The standard InChI is InChI=1S/C20H15ClN2O2S/c1-2-12-22-18(24)16(13-14-8-6-7-11-17(14)21)19(25)23(20(22)26)15-9-4-3-5-10-15/h2-11,13H,1,12H2/b16-13+. The monoisotopic (exact) mass is 382 g/mol. The van der Waals surface area contributed by atoms with Crippen molar-refractivity contribution in [2.75, 3.05) is 11.4 Å². The van der Waals surface area contributed by atoms with Crippen molar-refractivity contribution >= 4 is 52.5 Å². The van der Waals surface area contributed by atoms with E-state index in [9.17, 15) is 9.59 Å². The second kappa shape index (κ2) is 7.64. The highest BCUT2D eigenvalue weighted by atomic mass is 35.5. The molecule has 0 saturated carbocycles. The number of nitrogens with zero attached hydrogens (tertiary/aromatic N) is 2. The van der Waals surface area contributed by atoms with Gasteiger partial charge in [-0.2, -0.15) is 0 Å². The summed E-state index contributed by atoms with van der Waals surface area (Å²) in [6.45, 7) is 3.87. The molecule has 0 unspecified atom stereocenters. The fraction of sp³-hybridized carbons (Fsp3) is 0.0500. The molecule has 2 aromatic rings. The van der Waals surface area contributed by atoms with Crippen LogP contribution in [0.2, 0.25) is 5.02 Å². The summed E-state index contributed by atoms with van der Waals surface area (Å²) < 4.78 is 0. The second-order valence-electron chi connectivity index (χ2n) is 5.54. The molecule has 1 aliphatic heterocycles. The summed E-state index contributed by atoms with van der Waals surface area (Å²) >= 11 is 11.6. The summed E-state index contributed by atoms with van der Waals surface area (Å²) in [6.07, 6.45) is 3.07. The number of carbonyl (C=O) groups is 2. The molecule has 1 saturated heterocycles. The van der Waals surface area contributed by atoms with Crippen LogP contribution < -0.4 is 4.90 Å². The van der Waals surface area contributed by atoms with Crippen LogP contribution in [-0.4, -0.2) is 28.4 Å². The lowest BCUT2D eigenvalue weighted by Gasteiger charge is -2.36. The smallest absolute Gasteiger partial charge is 0.270 e. The average molecular weight is 383 g/mol. The van der Waals surface area contributed by atoms with Crippen molar-refractivity contribution in [2.24, 2.45) is 0 Å². The van der Waals surface area contributed by atoms with Gasteiger partial charge in [-0.15, -0.1) is 6.58 Å². The summed E-state index contributed by atoms with van der Waals surface area (Å²) in [5.41, 5.74) is 1.18. The topological polar surface area (TPSA) is 40.6 Å². The molecule has 1 heterocycles. The third-order valence-electron chi connectivity index (χ3n) is 3.86. The Morgan fingerprint density at radius 3 is 2.31 bits per heavy atom. The fourth-order valence-electron chi connectivity index (χ4n) is 2.62. The third-order valence-corrected chi connectivity index (χ3v) is 4.61. The molecule has 26 heavy (non-hydrogen) atoms. The molecular weight excluding hydrogens is 368 g/mol. The maximum atomic E-state index is 13.1. The van der Waals surface area contributed by atoms with E-state index < -0.39 is 11.8 Å². The molecule has 130 valence electrons. The van der Waals surface area contributed by atoms with Crippen molar-refractivity contribution < 1.29 is 9.59 Å². The fourth-order valence-corrected chi connectivity index (χ4v) is 3.15. The maximum absolute atomic E-state index is 13.1. The molecule has 3 rings (SSSR count). The van der Waals surface area contributed by atoms with Gasteiger partial charge in [0.1, 0.15) is 5.57 Å². The molecule has 0 spiro atoms. The Balaban J connectivity index is 2.13. The molecule has 0 atom stereocenters. The number of thiocarbonyl (C=S) groups is 1. The van der Waals surface area contributed by atoms with Crippen molar-refractivity contribution in [1.29, 1.82) is 0 Å². The van der Waals surface area contributed by atoms with E-state index in [2.05, 4.69) is 6.58 Å². The first-order valence-electron chi connectivity index (χ1n) is 7.87. The Hall–Kier alpha value is -2.76. The number of rotatable bonds is 4. The Labute approximate surface area is 162 Å². The summed E-state index contributed by atoms with van der Waals surface area (Å²) in [4.78, 5) is 28.6. The summed E-state index contributed by atoms with van der Waals surface area (Å²) in [6, 6.07) is 16.0. The zero-order chi connectivity index (χ0) is 18.7. The van der Waals surface area contributed by atoms with Gasteiger partial charge in [0.25, 0.3) is 11.8 Å². The first kappa shape index (κ1) is 18.0. The van der Waals surface area contributed by atoms with Gasteiger partial charge >= 0.3 is 0 Å². The summed E-state index contributed by atoms with van der Waals surface area (Å²) in [5.74, 6) is -0.946. The Kier molecular flexibility index (Phi) is 5.30. The largest absolute Gasteiger partial charge is 0.280 e. The SMILES string of the molecule is C=CCN1C(=O)/C(=C\c2ccccc2Cl)C(=O)N(c2ccccc2)C1=S. The quantitative estimate of drug-likeness (QED) is 0.346. The van der Waals surface area contributed by atoms with Gasteiger partial charge in [0.15, 0.2) is 5.11 Å². The minimum Gasteiger partial charge on any atom is -0.280 e. The molecule has 4 nitrogen and oxygen atoms in total. The molecular formula is C20H15ClN2O2S. The number of hydrogen-bond donors (Lipinski definition) is 0. The van der Waals surface area contributed by atoms with Crippen molar-refractivity contribution in [3.63, 3.8) is 0 Å². The molecule has 0 bridgehead atoms. The average Bonchev–Trinajstić information content (AvgIpc) is 2.65. The normalized spacial score (nSPS) is 16.3. The molecule has 1 fully saturated rings. The highest BCUT2D eigenvalue weighted by molar-refractivity contribution is 7.80. The number of benzene rings is 2. The van der Waals surface area contributed by atoms with Gasteiger partial charge in [-0.3, -0.25) is 19.4 Å². The van der Waals surface area contributed by atoms with E-state index in [1.54, 1.807) is 54.6 Å². The third kappa shape index (κ3) is 3.31. The molecule has 0 radical (unpaired) electrons. The highest BCUT2D eigenvalue weighted by Gasteiger charge is 2.39. The zero-order valence-electron chi connectivity index (χ0n) is 13.8. The predicted octanol–water partition coefficient (Wildman–Crippen LogP) is 4.07. The van der Waals surface area contributed by atoms with E-state index in [0.29, 0.717) is 16.3 Å². The van der Waals surface area contributed by atoms with Crippen LogP contribution in [0.3, 0.4) is 0 Å². The molecule has 0 aliphatic carbocycles. The molecule has 6 heteroatoms. The highest BCUT2D eigenvalue weighted by Crippen LogP contribution is 2.27. The van der Waals surface area contributed by atoms with Crippen LogP contribution in [-0.2, 0) is 9.59 Å². The Bertz CT molecular complexity index is 924. The van der Waals surface area contributed by atoms with Crippen LogP contribution in [0, 0.1) is 0 Å². The maximum Gasteiger partial charge on any atom is 0.270 e. The Morgan fingerprint density at radius 2 is 1.65 bits per heavy atom. The first-order chi connectivity index (χ1) is 12.5. The van der Waals surface area contributed by atoms with Gasteiger partial charge in [0.05, 0.1) is 5.69 Å².